The Balaban J connectivity index is 3.59. The van der Waals surface area contributed by atoms with Crippen LogP contribution in [-0.4, -0.2) is 25.0 Å². The molecule has 0 aromatic heterocycles. The first-order valence-electron chi connectivity index (χ1n) is 7.76. The lowest BCUT2D eigenvalue weighted by atomic mass is 10.0. The Bertz CT molecular complexity index is 289. The zero-order valence-electron chi connectivity index (χ0n) is 12.7. The highest BCUT2D eigenvalue weighted by Crippen LogP contribution is 2.09. The quantitative estimate of drug-likeness (QED) is 0.221. The summed E-state index contributed by atoms with van der Waals surface area (Å²) in [6, 6.07) is -0.253. The number of hydrogen-bond donors (Lipinski definition) is 2. The Morgan fingerprint density at radius 3 is 2.45 bits per heavy atom. The third kappa shape index (κ3) is 11.8. The molecule has 0 aliphatic heterocycles. The van der Waals surface area contributed by atoms with E-state index in [9.17, 15) is 4.79 Å². The molecule has 0 fully saturated rings. The monoisotopic (exact) mass is 283 g/mol. The molecule has 20 heavy (non-hydrogen) atoms. The van der Waals surface area contributed by atoms with Crippen molar-refractivity contribution in [1.29, 1.82) is 0 Å². The van der Waals surface area contributed by atoms with Gasteiger partial charge in [-0.3, -0.25) is 4.79 Å². The Hall–Kier alpha value is -1.26. The number of nitrogens with one attached hydrogen (secondary N) is 1. The van der Waals surface area contributed by atoms with E-state index < -0.39 is 0 Å². The fourth-order valence-corrected chi connectivity index (χ4v) is 2.12. The molecule has 0 bridgehead atoms. The number of rotatable bonds is 14. The lowest BCUT2D eigenvalue weighted by Crippen LogP contribution is -2.41. The molecule has 6 nitrogen and oxygen atoms in total. The Morgan fingerprint density at radius 2 is 1.85 bits per heavy atom. The summed E-state index contributed by atoms with van der Waals surface area (Å²) in [7, 11) is 0. The van der Waals surface area contributed by atoms with Gasteiger partial charge in [-0.1, -0.05) is 57.0 Å². The van der Waals surface area contributed by atoms with Crippen molar-refractivity contribution in [2.45, 2.75) is 70.8 Å². The second-order valence-electron chi connectivity index (χ2n) is 5.13. The van der Waals surface area contributed by atoms with Crippen LogP contribution in [-0.2, 0) is 4.79 Å². The molecule has 0 saturated heterocycles. The first kappa shape index (κ1) is 18.7. The number of primary amides is 1. The van der Waals surface area contributed by atoms with Gasteiger partial charge < -0.3 is 11.1 Å². The predicted molar refractivity (Wildman–Crippen MR) is 82.2 cm³/mol. The number of azide groups is 1. The number of nitrogens with two attached hydrogens (primary N) is 1. The highest BCUT2D eigenvalue weighted by Gasteiger charge is 2.13. The lowest BCUT2D eigenvalue weighted by Gasteiger charge is -2.14. The van der Waals surface area contributed by atoms with Gasteiger partial charge in [-0.15, -0.1) is 0 Å². The summed E-state index contributed by atoms with van der Waals surface area (Å²) in [5, 5.41) is 6.58. The molecule has 0 radical (unpaired) electrons. The molecular weight excluding hydrogens is 254 g/mol. The Morgan fingerprint density at radius 1 is 1.20 bits per heavy atom. The number of carbonyl (C=O) groups is 1. The van der Waals surface area contributed by atoms with Crippen LogP contribution in [0.25, 0.3) is 10.4 Å². The fourth-order valence-electron chi connectivity index (χ4n) is 2.12. The van der Waals surface area contributed by atoms with Gasteiger partial charge in [0, 0.05) is 11.5 Å². The van der Waals surface area contributed by atoms with E-state index in [0.717, 1.165) is 25.7 Å². The van der Waals surface area contributed by atoms with Gasteiger partial charge in [0.2, 0.25) is 5.91 Å². The summed E-state index contributed by atoms with van der Waals surface area (Å²) in [5.41, 5.74) is 13.5. The van der Waals surface area contributed by atoms with Crippen LogP contribution >= 0.6 is 0 Å². The second kappa shape index (κ2) is 14.2. The van der Waals surface area contributed by atoms with Crippen LogP contribution in [0, 0.1) is 0 Å². The van der Waals surface area contributed by atoms with Crippen LogP contribution < -0.4 is 11.1 Å². The van der Waals surface area contributed by atoms with Gasteiger partial charge in [0.05, 0.1) is 6.04 Å². The number of unbranched alkanes of at least 4 members (excludes halogenated alkanes) is 6. The minimum atomic E-state index is -0.292. The molecule has 116 valence electrons. The first-order chi connectivity index (χ1) is 9.72. The zero-order valence-corrected chi connectivity index (χ0v) is 12.7. The van der Waals surface area contributed by atoms with E-state index in [0.29, 0.717) is 13.1 Å². The summed E-state index contributed by atoms with van der Waals surface area (Å²) >= 11 is 0. The Labute approximate surface area is 122 Å². The summed E-state index contributed by atoms with van der Waals surface area (Å²) in [6.07, 6.45) is 10.1. The van der Waals surface area contributed by atoms with Crippen molar-refractivity contribution in [2.24, 2.45) is 10.8 Å². The van der Waals surface area contributed by atoms with E-state index in [4.69, 9.17) is 11.3 Å². The highest BCUT2D eigenvalue weighted by atomic mass is 16.1. The molecule has 0 rings (SSSR count). The maximum atomic E-state index is 11.3. The van der Waals surface area contributed by atoms with Crippen molar-refractivity contribution in [2.75, 3.05) is 13.1 Å². The molecule has 6 heteroatoms. The summed E-state index contributed by atoms with van der Waals surface area (Å²) < 4.78 is 0. The average molecular weight is 283 g/mol. The molecular formula is C14H29N5O. The zero-order chi connectivity index (χ0) is 15.1. The molecule has 1 amide bonds. The number of amides is 1. The lowest BCUT2D eigenvalue weighted by molar-refractivity contribution is -0.120. The minimum Gasteiger partial charge on any atom is -0.368 e. The first-order valence-corrected chi connectivity index (χ1v) is 7.76. The van der Waals surface area contributed by atoms with Crippen LogP contribution in [0.5, 0.6) is 0 Å². The van der Waals surface area contributed by atoms with Crippen LogP contribution in [0.1, 0.15) is 64.7 Å². The van der Waals surface area contributed by atoms with Crippen molar-refractivity contribution in [3.8, 4) is 0 Å². The van der Waals surface area contributed by atoms with Crippen molar-refractivity contribution in [3.63, 3.8) is 0 Å². The van der Waals surface area contributed by atoms with Crippen LogP contribution in [0.2, 0.25) is 0 Å². The third-order valence-corrected chi connectivity index (χ3v) is 3.33. The molecule has 0 aromatic carbocycles. The molecule has 0 saturated carbocycles. The standard InChI is InChI=1S/C14H29N5O/c1-2-3-4-5-6-7-8-10-13(14(15)20)17-11-9-12-18-19-16/h13,17H,2-12H2,1H3,(H2,15,20). The predicted octanol–water partition coefficient (Wildman–Crippen LogP) is 3.27. The van der Waals surface area contributed by atoms with E-state index in [2.05, 4.69) is 22.3 Å². The normalized spacial score (nSPS) is 11.8. The topological polar surface area (TPSA) is 104 Å². The molecule has 0 aliphatic rings. The maximum absolute atomic E-state index is 11.3. The van der Waals surface area contributed by atoms with Gasteiger partial charge in [0.1, 0.15) is 0 Å². The molecule has 3 N–H and O–H groups in total. The number of hydrogen-bond acceptors (Lipinski definition) is 3. The smallest absolute Gasteiger partial charge is 0.234 e. The van der Waals surface area contributed by atoms with Gasteiger partial charge in [-0.25, -0.2) is 0 Å². The largest absolute Gasteiger partial charge is 0.368 e. The maximum Gasteiger partial charge on any atom is 0.234 e. The molecule has 0 heterocycles. The van der Waals surface area contributed by atoms with Crippen molar-refractivity contribution < 1.29 is 4.79 Å². The summed E-state index contributed by atoms with van der Waals surface area (Å²) in [6.45, 7) is 3.32. The number of nitrogens with zero attached hydrogens (tertiary/aromatic N) is 3. The number of carbonyl (C=O) groups excluding carboxylic acids is 1. The molecule has 1 unspecified atom stereocenters. The summed E-state index contributed by atoms with van der Waals surface area (Å²) in [5.74, 6) is -0.292. The average Bonchev–Trinajstić information content (AvgIpc) is 2.43. The summed E-state index contributed by atoms with van der Waals surface area (Å²) in [4.78, 5) is 14.0. The van der Waals surface area contributed by atoms with Crippen LogP contribution in [0.4, 0.5) is 0 Å². The van der Waals surface area contributed by atoms with E-state index >= 15 is 0 Å². The van der Waals surface area contributed by atoms with Crippen LogP contribution in [0.15, 0.2) is 5.11 Å². The van der Waals surface area contributed by atoms with Crippen molar-refractivity contribution in [3.05, 3.63) is 10.4 Å². The van der Waals surface area contributed by atoms with E-state index in [1.54, 1.807) is 0 Å². The van der Waals surface area contributed by atoms with Gasteiger partial charge in [0.25, 0.3) is 0 Å². The SMILES string of the molecule is CCCCCCCCCC(NCCCN=[N+]=[N-])C(N)=O. The fraction of sp³-hybridized carbons (Fsp3) is 0.929. The molecule has 0 spiro atoms. The van der Waals surface area contributed by atoms with Crippen LogP contribution in [0.3, 0.4) is 0 Å². The third-order valence-electron chi connectivity index (χ3n) is 3.33. The molecule has 1 atom stereocenters. The molecule has 0 aromatic rings. The van der Waals surface area contributed by atoms with E-state index in [1.807, 2.05) is 0 Å². The van der Waals surface area contributed by atoms with Gasteiger partial charge >= 0.3 is 0 Å². The van der Waals surface area contributed by atoms with Gasteiger partial charge in [-0.05, 0) is 24.9 Å². The van der Waals surface area contributed by atoms with E-state index in [1.165, 1.54) is 32.1 Å². The Kier molecular flexibility index (Phi) is 13.3. The molecule has 0 aliphatic carbocycles. The van der Waals surface area contributed by atoms with Crippen molar-refractivity contribution >= 4 is 5.91 Å². The highest BCUT2D eigenvalue weighted by molar-refractivity contribution is 5.79. The van der Waals surface area contributed by atoms with Crippen molar-refractivity contribution in [1.82, 2.24) is 5.32 Å². The second-order valence-corrected chi connectivity index (χ2v) is 5.13. The van der Waals surface area contributed by atoms with Gasteiger partial charge in [0.15, 0.2) is 0 Å². The van der Waals surface area contributed by atoms with Gasteiger partial charge in [-0.2, -0.15) is 0 Å². The minimum absolute atomic E-state index is 0.253. The van der Waals surface area contributed by atoms with E-state index in [-0.39, 0.29) is 11.9 Å².